The molecule has 2 atom stereocenters. The molecule has 6 heteroatoms. The molecule has 0 N–H and O–H groups in total. The maximum Gasteiger partial charge on any atom is 0.272 e. The summed E-state index contributed by atoms with van der Waals surface area (Å²) in [7, 11) is 0. The van der Waals surface area contributed by atoms with Crippen molar-refractivity contribution < 1.29 is 9.53 Å². The van der Waals surface area contributed by atoms with E-state index in [1.54, 1.807) is 23.6 Å². The van der Waals surface area contributed by atoms with Gasteiger partial charge in [-0.25, -0.2) is 4.98 Å². The summed E-state index contributed by atoms with van der Waals surface area (Å²) >= 11 is 0. The zero-order chi connectivity index (χ0) is 17.4. The summed E-state index contributed by atoms with van der Waals surface area (Å²) in [4.78, 5) is 31.3. The minimum Gasteiger partial charge on any atom is -0.375 e. The van der Waals surface area contributed by atoms with Gasteiger partial charge in [0.2, 0.25) is 0 Å². The Morgan fingerprint density at radius 3 is 2.83 bits per heavy atom. The molecule has 6 nitrogen and oxygen atoms in total. The molecule has 0 bridgehead atoms. The van der Waals surface area contributed by atoms with Crippen molar-refractivity contribution in [1.29, 1.82) is 0 Å². The number of amides is 1. The van der Waals surface area contributed by atoms with E-state index in [2.05, 4.69) is 4.98 Å². The predicted octanol–water partition coefficient (Wildman–Crippen LogP) is 1.97. The zero-order valence-electron chi connectivity index (χ0n) is 14.6. The van der Waals surface area contributed by atoms with Gasteiger partial charge in [0.25, 0.3) is 11.5 Å². The first-order valence-electron chi connectivity index (χ1n) is 8.36. The Labute approximate surface area is 141 Å². The Bertz CT molecular complexity index is 843. The van der Waals surface area contributed by atoms with Gasteiger partial charge in [-0.2, -0.15) is 0 Å². The summed E-state index contributed by atoms with van der Waals surface area (Å²) in [6, 6.07) is 5.42. The van der Waals surface area contributed by atoms with Crippen molar-refractivity contribution in [1.82, 2.24) is 14.5 Å². The number of ether oxygens (including phenoxy) is 1. The molecule has 1 fully saturated rings. The number of aromatic nitrogens is 2. The number of benzene rings is 1. The minimum absolute atomic E-state index is 0.0201. The molecule has 1 aromatic heterocycles. The highest BCUT2D eigenvalue weighted by atomic mass is 16.5. The fraction of sp³-hybridized carbons (Fsp3) is 0.500. The van der Waals surface area contributed by atoms with Crippen molar-refractivity contribution >= 4 is 16.9 Å². The van der Waals surface area contributed by atoms with Gasteiger partial charge in [0.15, 0.2) is 0 Å². The highest BCUT2D eigenvalue weighted by molar-refractivity contribution is 5.97. The van der Waals surface area contributed by atoms with Crippen molar-refractivity contribution in [2.24, 2.45) is 0 Å². The smallest absolute Gasteiger partial charge is 0.272 e. The molecule has 2 aromatic rings. The van der Waals surface area contributed by atoms with Gasteiger partial charge in [-0.1, -0.05) is 0 Å². The molecule has 1 amide bonds. The number of carbonyl (C=O) groups is 1. The highest BCUT2D eigenvalue weighted by Gasteiger charge is 2.28. The molecule has 0 radical (unpaired) electrons. The molecule has 0 saturated carbocycles. The van der Waals surface area contributed by atoms with Crippen LogP contribution in [0.2, 0.25) is 0 Å². The molecule has 0 unspecified atom stereocenters. The van der Waals surface area contributed by atoms with Gasteiger partial charge in [-0.15, -0.1) is 0 Å². The number of carbonyl (C=O) groups excluding carboxylic acids is 1. The first-order valence-corrected chi connectivity index (χ1v) is 8.36. The lowest BCUT2D eigenvalue weighted by atomic mass is 10.1. The van der Waals surface area contributed by atoms with Crippen LogP contribution in [0, 0.1) is 6.92 Å². The Morgan fingerprint density at radius 1 is 1.38 bits per heavy atom. The summed E-state index contributed by atoms with van der Waals surface area (Å²) in [6.07, 6.45) is 0.0382. The number of hydrogen-bond acceptors (Lipinski definition) is 4. The SMILES string of the molecule is CCn1c(=O)c(C)nc2cc(C(=O)N3C[C@H](C)OC[C@@H]3C)ccc21. The lowest BCUT2D eigenvalue weighted by Crippen LogP contribution is -2.50. The molecule has 1 aliphatic rings. The van der Waals surface area contributed by atoms with Crippen molar-refractivity contribution in [3.05, 3.63) is 39.8 Å². The van der Waals surface area contributed by atoms with Crippen molar-refractivity contribution in [3.8, 4) is 0 Å². The van der Waals surface area contributed by atoms with E-state index in [0.717, 1.165) is 5.52 Å². The van der Waals surface area contributed by atoms with E-state index >= 15 is 0 Å². The maximum atomic E-state index is 12.9. The molecule has 24 heavy (non-hydrogen) atoms. The van der Waals surface area contributed by atoms with E-state index in [1.165, 1.54) is 0 Å². The van der Waals surface area contributed by atoms with E-state index in [4.69, 9.17) is 4.74 Å². The monoisotopic (exact) mass is 329 g/mol. The van der Waals surface area contributed by atoms with Crippen LogP contribution in [0.25, 0.3) is 11.0 Å². The van der Waals surface area contributed by atoms with Crippen LogP contribution < -0.4 is 5.56 Å². The second kappa shape index (κ2) is 6.36. The van der Waals surface area contributed by atoms with Gasteiger partial charge in [0.05, 0.1) is 29.8 Å². The molecule has 1 saturated heterocycles. The van der Waals surface area contributed by atoms with Crippen molar-refractivity contribution in [2.45, 2.75) is 46.4 Å². The van der Waals surface area contributed by atoms with Crippen molar-refractivity contribution in [2.75, 3.05) is 13.2 Å². The highest BCUT2D eigenvalue weighted by Crippen LogP contribution is 2.19. The van der Waals surface area contributed by atoms with E-state index in [9.17, 15) is 9.59 Å². The molecule has 1 aliphatic heterocycles. The number of rotatable bonds is 2. The van der Waals surface area contributed by atoms with Crippen LogP contribution in [0.3, 0.4) is 0 Å². The molecule has 128 valence electrons. The topological polar surface area (TPSA) is 64.4 Å². The molecule has 3 rings (SSSR count). The number of fused-ring (bicyclic) bond motifs is 1. The van der Waals surface area contributed by atoms with Crippen LogP contribution in [-0.2, 0) is 11.3 Å². The third-order valence-corrected chi connectivity index (χ3v) is 4.54. The maximum absolute atomic E-state index is 12.9. The number of aryl methyl sites for hydroxylation is 2. The number of hydrogen-bond donors (Lipinski definition) is 0. The van der Waals surface area contributed by atoms with Crippen LogP contribution in [0.5, 0.6) is 0 Å². The summed E-state index contributed by atoms with van der Waals surface area (Å²) in [5.41, 5.74) is 2.39. The van der Waals surface area contributed by atoms with Crippen LogP contribution in [-0.4, -0.2) is 45.7 Å². The van der Waals surface area contributed by atoms with Gasteiger partial charge in [0.1, 0.15) is 5.69 Å². The second-order valence-corrected chi connectivity index (χ2v) is 6.40. The largest absolute Gasteiger partial charge is 0.375 e. The first-order chi connectivity index (χ1) is 11.4. The zero-order valence-corrected chi connectivity index (χ0v) is 14.6. The summed E-state index contributed by atoms with van der Waals surface area (Å²) < 4.78 is 7.28. The van der Waals surface area contributed by atoms with Crippen LogP contribution in [0.4, 0.5) is 0 Å². The standard InChI is InChI=1S/C18H23N3O3/c1-5-20-16-7-6-14(8-15(16)19-13(4)17(20)22)18(23)21-9-12(3)24-10-11(21)2/h6-8,11-12H,5,9-10H2,1-4H3/t11-,12-/m0/s1. The summed E-state index contributed by atoms with van der Waals surface area (Å²) in [5.74, 6) is -0.0201. The molecular weight excluding hydrogens is 306 g/mol. The average molecular weight is 329 g/mol. The fourth-order valence-corrected chi connectivity index (χ4v) is 3.17. The van der Waals surface area contributed by atoms with E-state index in [0.29, 0.717) is 36.5 Å². The molecular formula is C18H23N3O3. The minimum atomic E-state index is -0.0836. The second-order valence-electron chi connectivity index (χ2n) is 6.40. The van der Waals surface area contributed by atoms with Crippen LogP contribution >= 0.6 is 0 Å². The van der Waals surface area contributed by atoms with Gasteiger partial charge in [0, 0.05) is 18.7 Å². The summed E-state index contributed by atoms with van der Waals surface area (Å²) in [5, 5.41) is 0. The van der Waals surface area contributed by atoms with E-state index in [1.807, 2.05) is 31.7 Å². The van der Waals surface area contributed by atoms with Gasteiger partial charge in [-0.05, 0) is 45.9 Å². The Balaban J connectivity index is 2.03. The predicted molar refractivity (Wildman–Crippen MR) is 92.3 cm³/mol. The van der Waals surface area contributed by atoms with Gasteiger partial charge < -0.3 is 14.2 Å². The molecule has 0 spiro atoms. The van der Waals surface area contributed by atoms with E-state index < -0.39 is 0 Å². The Morgan fingerprint density at radius 2 is 2.12 bits per heavy atom. The molecule has 1 aromatic carbocycles. The summed E-state index contributed by atoms with van der Waals surface area (Å²) in [6.45, 7) is 9.29. The quantitative estimate of drug-likeness (QED) is 0.845. The van der Waals surface area contributed by atoms with E-state index in [-0.39, 0.29) is 23.6 Å². The lowest BCUT2D eigenvalue weighted by Gasteiger charge is -2.36. The van der Waals surface area contributed by atoms with Gasteiger partial charge in [-0.3, -0.25) is 9.59 Å². The molecule has 2 heterocycles. The molecule has 0 aliphatic carbocycles. The number of nitrogens with zero attached hydrogens (tertiary/aromatic N) is 3. The first kappa shape index (κ1) is 16.6. The normalized spacial score (nSPS) is 21.2. The third-order valence-electron chi connectivity index (χ3n) is 4.54. The van der Waals surface area contributed by atoms with Crippen LogP contribution in [0.15, 0.2) is 23.0 Å². The lowest BCUT2D eigenvalue weighted by molar-refractivity contribution is -0.0387. The van der Waals surface area contributed by atoms with Crippen molar-refractivity contribution in [3.63, 3.8) is 0 Å². The van der Waals surface area contributed by atoms with Crippen LogP contribution in [0.1, 0.15) is 36.8 Å². The third kappa shape index (κ3) is 2.82. The number of morpholine rings is 1. The Hall–Kier alpha value is -2.21. The average Bonchev–Trinajstić information content (AvgIpc) is 2.57. The Kier molecular flexibility index (Phi) is 4.41. The fourth-order valence-electron chi connectivity index (χ4n) is 3.17. The van der Waals surface area contributed by atoms with Gasteiger partial charge >= 0.3 is 0 Å².